The summed E-state index contributed by atoms with van der Waals surface area (Å²) in [5.41, 5.74) is 4.15. The molecule has 0 saturated carbocycles. The Morgan fingerprint density at radius 1 is 0.818 bits per heavy atom. The van der Waals surface area contributed by atoms with Crippen molar-refractivity contribution in [1.29, 1.82) is 0 Å². The molecule has 5 N–H and O–H groups in total. The average molecular weight is 457 g/mol. The highest BCUT2D eigenvalue weighted by Gasteiger charge is 2.25. The van der Waals surface area contributed by atoms with Gasteiger partial charge in [0.05, 0.1) is 6.10 Å². The van der Waals surface area contributed by atoms with E-state index >= 15 is 0 Å². The highest BCUT2D eigenvalue weighted by Crippen LogP contribution is 2.22. The summed E-state index contributed by atoms with van der Waals surface area (Å²) in [4.78, 5) is 38.3. The molecule has 9 nitrogen and oxygen atoms in total. The predicted octanol–water partition coefficient (Wildman–Crippen LogP) is 2.99. The number of nitrogens with one attached hydrogen (secondary N) is 3. The van der Waals surface area contributed by atoms with E-state index in [0.29, 0.717) is 11.3 Å². The number of benzene rings is 2. The van der Waals surface area contributed by atoms with Gasteiger partial charge in [-0.05, 0) is 70.0 Å². The molecule has 2 atom stereocenters. The van der Waals surface area contributed by atoms with Crippen LogP contribution in [0.15, 0.2) is 48.5 Å². The predicted molar refractivity (Wildman–Crippen MR) is 126 cm³/mol. The quantitative estimate of drug-likeness (QED) is 0.308. The van der Waals surface area contributed by atoms with Gasteiger partial charge in [0.25, 0.3) is 11.8 Å². The number of anilines is 1. The zero-order valence-corrected chi connectivity index (χ0v) is 19.5. The van der Waals surface area contributed by atoms with Crippen molar-refractivity contribution in [2.75, 3.05) is 5.32 Å². The lowest BCUT2D eigenvalue weighted by atomic mass is 10.0. The molecule has 0 aliphatic heterocycles. The molecule has 0 radical (unpaired) electrons. The molecule has 0 bridgehead atoms. The Labute approximate surface area is 193 Å². The zero-order chi connectivity index (χ0) is 24.7. The van der Waals surface area contributed by atoms with Gasteiger partial charge in [-0.25, -0.2) is 10.3 Å². The fraction of sp³-hybridized carbons (Fsp3) is 0.375. The van der Waals surface area contributed by atoms with Crippen molar-refractivity contribution in [1.82, 2.24) is 15.7 Å². The van der Waals surface area contributed by atoms with Gasteiger partial charge in [0, 0.05) is 23.3 Å². The number of hydrogen-bond acceptors (Lipinski definition) is 5. The van der Waals surface area contributed by atoms with Crippen LogP contribution >= 0.6 is 0 Å². The average Bonchev–Trinajstić information content (AvgIpc) is 2.76. The molecule has 0 fully saturated rings. The Morgan fingerprint density at radius 2 is 1.30 bits per heavy atom. The standard InChI is InChI=1S/C24H32N4O5/c1-14(2)28(15(3)4)24(32)25-20-12-10-18(11-13-20)17-6-8-19(9-7-17)22(30)26-21(16(5)29)23(31)27-33/h6-16,21,29,33H,1-5H3,(H,25,32)(H,26,30)(H,27,31)/t16-,21+/m1/s1. The molecule has 0 spiro atoms. The summed E-state index contributed by atoms with van der Waals surface area (Å²) in [5.74, 6) is -1.47. The Kier molecular flexibility index (Phi) is 8.95. The minimum atomic E-state index is -1.28. The van der Waals surface area contributed by atoms with Gasteiger partial charge in [-0.3, -0.25) is 14.8 Å². The number of aliphatic hydroxyl groups is 1. The lowest BCUT2D eigenvalue weighted by Gasteiger charge is -2.30. The third-order valence-electron chi connectivity index (χ3n) is 5.13. The minimum Gasteiger partial charge on any atom is -0.391 e. The van der Waals surface area contributed by atoms with Crippen molar-refractivity contribution in [3.63, 3.8) is 0 Å². The molecule has 33 heavy (non-hydrogen) atoms. The fourth-order valence-corrected chi connectivity index (χ4v) is 3.51. The number of carbonyl (C=O) groups is 3. The molecule has 2 rings (SSSR count). The Morgan fingerprint density at radius 3 is 1.73 bits per heavy atom. The summed E-state index contributed by atoms with van der Waals surface area (Å²) in [6, 6.07) is 12.8. The van der Waals surface area contributed by atoms with E-state index < -0.39 is 24.0 Å². The second-order valence-electron chi connectivity index (χ2n) is 8.35. The molecule has 0 aliphatic rings. The summed E-state index contributed by atoms with van der Waals surface area (Å²) in [5, 5.41) is 23.7. The van der Waals surface area contributed by atoms with E-state index in [-0.39, 0.29) is 18.1 Å². The van der Waals surface area contributed by atoms with E-state index in [2.05, 4.69) is 10.6 Å². The topological polar surface area (TPSA) is 131 Å². The van der Waals surface area contributed by atoms with E-state index in [9.17, 15) is 19.5 Å². The second kappa shape index (κ2) is 11.4. The zero-order valence-electron chi connectivity index (χ0n) is 19.5. The number of amides is 4. The van der Waals surface area contributed by atoms with E-state index in [1.54, 1.807) is 29.2 Å². The Hall–Kier alpha value is -3.43. The molecule has 0 aliphatic carbocycles. The van der Waals surface area contributed by atoms with Gasteiger partial charge in [0.15, 0.2) is 0 Å². The van der Waals surface area contributed by atoms with Crippen LogP contribution in [0.4, 0.5) is 10.5 Å². The van der Waals surface area contributed by atoms with Crippen LogP contribution in [-0.2, 0) is 4.79 Å². The minimum absolute atomic E-state index is 0.0777. The number of rotatable bonds is 8. The first-order chi connectivity index (χ1) is 15.5. The van der Waals surface area contributed by atoms with Crippen LogP contribution in [0.5, 0.6) is 0 Å². The van der Waals surface area contributed by atoms with Gasteiger partial charge >= 0.3 is 6.03 Å². The SMILES string of the molecule is CC(C)N(C(=O)Nc1ccc(-c2ccc(C(=O)N[C@H](C(=O)NO)[C@@H](C)O)cc2)cc1)C(C)C. The summed E-state index contributed by atoms with van der Waals surface area (Å²) < 4.78 is 0. The highest BCUT2D eigenvalue weighted by molar-refractivity contribution is 5.98. The van der Waals surface area contributed by atoms with Gasteiger partial charge in [0.2, 0.25) is 0 Å². The van der Waals surface area contributed by atoms with Gasteiger partial charge < -0.3 is 20.6 Å². The van der Waals surface area contributed by atoms with Crippen LogP contribution in [0.25, 0.3) is 11.1 Å². The van der Waals surface area contributed by atoms with E-state index in [4.69, 9.17) is 5.21 Å². The molecule has 0 saturated heterocycles. The first kappa shape index (κ1) is 25.8. The lowest BCUT2D eigenvalue weighted by Crippen LogP contribution is -2.51. The second-order valence-corrected chi connectivity index (χ2v) is 8.35. The molecule has 0 aromatic heterocycles. The van der Waals surface area contributed by atoms with Crippen LogP contribution in [-0.4, -0.2) is 57.3 Å². The smallest absolute Gasteiger partial charge is 0.322 e. The number of carbonyl (C=O) groups excluding carboxylic acids is 3. The van der Waals surface area contributed by atoms with Crippen molar-refractivity contribution in [3.8, 4) is 11.1 Å². The largest absolute Gasteiger partial charge is 0.391 e. The maximum absolute atomic E-state index is 12.6. The van der Waals surface area contributed by atoms with Gasteiger partial charge in [0.1, 0.15) is 6.04 Å². The van der Waals surface area contributed by atoms with Crippen molar-refractivity contribution >= 4 is 23.5 Å². The first-order valence-electron chi connectivity index (χ1n) is 10.8. The number of nitrogens with zero attached hydrogens (tertiary/aromatic N) is 1. The Bertz CT molecular complexity index is 948. The number of hydroxylamine groups is 1. The Balaban J connectivity index is 2.08. The van der Waals surface area contributed by atoms with Gasteiger partial charge in [-0.1, -0.05) is 24.3 Å². The highest BCUT2D eigenvalue weighted by atomic mass is 16.5. The van der Waals surface area contributed by atoms with Crippen molar-refractivity contribution in [3.05, 3.63) is 54.1 Å². The molecule has 0 heterocycles. The first-order valence-corrected chi connectivity index (χ1v) is 10.8. The normalized spacial score (nSPS) is 12.8. The molecular formula is C24H32N4O5. The molecule has 178 valence electrons. The van der Waals surface area contributed by atoms with E-state index in [1.807, 2.05) is 52.0 Å². The summed E-state index contributed by atoms with van der Waals surface area (Å²) in [6.45, 7) is 9.21. The number of hydrogen-bond donors (Lipinski definition) is 5. The van der Waals surface area contributed by atoms with Crippen LogP contribution in [0.1, 0.15) is 45.0 Å². The number of aliphatic hydroxyl groups excluding tert-OH is 1. The summed E-state index contributed by atoms with van der Waals surface area (Å²) in [7, 11) is 0. The number of urea groups is 1. The summed E-state index contributed by atoms with van der Waals surface area (Å²) >= 11 is 0. The van der Waals surface area contributed by atoms with E-state index in [0.717, 1.165) is 11.1 Å². The van der Waals surface area contributed by atoms with Crippen LogP contribution < -0.4 is 16.1 Å². The van der Waals surface area contributed by atoms with Gasteiger partial charge in [-0.2, -0.15) is 0 Å². The van der Waals surface area contributed by atoms with E-state index in [1.165, 1.54) is 12.4 Å². The molecular weight excluding hydrogens is 424 g/mol. The third-order valence-corrected chi connectivity index (χ3v) is 5.13. The monoisotopic (exact) mass is 456 g/mol. The summed E-state index contributed by atoms with van der Waals surface area (Å²) in [6.07, 6.45) is -1.19. The lowest BCUT2D eigenvalue weighted by molar-refractivity contribution is -0.133. The molecule has 0 unspecified atom stereocenters. The molecule has 2 aromatic carbocycles. The van der Waals surface area contributed by atoms with Crippen LogP contribution in [0.3, 0.4) is 0 Å². The van der Waals surface area contributed by atoms with Crippen LogP contribution in [0, 0.1) is 0 Å². The maximum atomic E-state index is 12.6. The fourth-order valence-electron chi connectivity index (χ4n) is 3.51. The van der Waals surface area contributed by atoms with Crippen molar-refractivity contribution in [2.24, 2.45) is 0 Å². The molecule has 9 heteroatoms. The van der Waals surface area contributed by atoms with Crippen LogP contribution in [0.2, 0.25) is 0 Å². The van der Waals surface area contributed by atoms with Crippen molar-refractivity contribution in [2.45, 2.75) is 58.8 Å². The third kappa shape index (κ3) is 6.77. The maximum Gasteiger partial charge on any atom is 0.322 e. The van der Waals surface area contributed by atoms with Gasteiger partial charge in [-0.15, -0.1) is 0 Å². The molecule has 4 amide bonds. The molecule has 2 aromatic rings. The van der Waals surface area contributed by atoms with Crippen molar-refractivity contribution < 1.29 is 24.7 Å².